The lowest BCUT2D eigenvalue weighted by Gasteiger charge is -2.17. The van der Waals surface area contributed by atoms with Gasteiger partial charge >= 0.3 is 17.4 Å². The van der Waals surface area contributed by atoms with Crippen LogP contribution in [0.1, 0.15) is 18.1 Å². The smallest absolute Gasteiger partial charge is 0.419 e. The van der Waals surface area contributed by atoms with Crippen molar-refractivity contribution in [3.63, 3.8) is 0 Å². The van der Waals surface area contributed by atoms with Crippen molar-refractivity contribution in [2.24, 2.45) is 0 Å². The Morgan fingerprint density at radius 1 is 1.09 bits per heavy atom. The van der Waals surface area contributed by atoms with Crippen LogP contribution >= 0.6 is 0 Å². The largest absolute Gasteiger partial charge is 0.476 e. The molecule has 0 aliphatic carbocycles. The molecule has 0 N–H and O–H groups in total. The van der Waals surface area contributed by atoms with E-state index in [0.29, 0.717) is 21.4 Å². The standard InChI is InChI=1S/C21H17F5N4O4/c1-11(31)28(2)17-9-13(5-7-15(17)22)30-20(33)29(19(32)18(27-30)34-3)10-12-4-6-14(16(23)8-12)21(24,25)26/h4-9H,10H2,1-3H3. The molecule has 0 fully saturated rings. The summed E-state index contributed by atoms with van der Waals surface area (Å²) >= 11 is 0. The van der Waals surface area contributed by atoms with Crippen molar-refractivity contribution in [1.82, 2.24) is 14.3 Å². The number of anilines is 1. The molecule has 3 rings (SSSR count). The summed E-state index contributed by atoms with van der Waals surface area (Å²) in [7, 11) is 2.40. The number of amides is 1. The van der Waals surface area contributed by atoms with Crippen molar-refractivity contribution in [2.45, 2.75) is 19.6 Å². The van der Waals surface area contributed by atoms with Crippen molar-refractivity contribution < 1.29 is 31.5 Å². The summed E-state index contributed by atoms with van der Waals surface area (Å²) in [6.45, 7) is 0.593. The lowest BCUT2D eigenvalue weighted by atomic mass is 10.1. The molecule has 180 valence electrons. The fourth-order valence-electron chi connectivity index (χ4n) is 3.06. The van der Waals surface area contributed by atoms with E-state index >= 15 is 0 Å². The average Bonchev–Trinajstić information content (AvgIpc) is 2.76. The molecule has 0 saturated heterocycles. The number of carbonyl (C=O) groups excluding carboxylic acids is 1. The van der Waals surface area contributed by atoms with Gasteiger partial charge in [0.25, 0.3) is 5.88 Å². The summed E-state index contributed by atoms with van der Waals surface area (Å²) in [6.07, 6.45) is -4.92. The highest BCUT2D eigenvalue weighted by Crippen LogP contribution is 2.31. The Bertz CT molecular complexity index is 1380. The zero-order chi connectivity index (χ0) is 25.4. The molecule has 0 saturated carbocycles. The summed E-state index contributed by atoms with van der Waals surface area (Å²) in [5, 5.41) is 3.80. The Hall–Kier alpha value is -4.03. The van der Waals surface area contributed by atoms with Gasteiger partial charge in [0, 0.05) is 14.0 Å². The van der Waals surface area contributed by atoms with Gasteiger partial charge in [0.05, 0.1) is 30.6 Å². The Morgan fingerprint density at radius 2 is 1.76 bits per heavy atom. The highest BCUT2D eigenvalue weighted by Gasteiger charge is 2.34. The van der Waals surface area contributed by atoms with E-state index in [2.05, 4.69) is 5.10 Å². The minimum absolute atomic E-state index is 0.0415. The normalized spacial score (nSPS) is 11.4. The number of carbonyl (C=O) groups is 1. The first-order valence-corrected chi connectivity index (χ1v) is 9.53. The maximum absolute atomic E-state index is 14.2. The maximum atomic E-state index is 14.2. The van der Waals surface area contributed by atoms with Gasteiger partial charge in [0.2, 0.25) is 5.91 Å². The molecule has 0 spiro atoms. The number of methoxy groups -OCH3 is 1. The molecule has 2 aromatic carbocycles. The van der Waals surface area contributed by atoms with E-state index in [-0.39, 0.29) is 16.9 Å². The minimum atomic E-state index is -4.92. The van der Waals surface area contributed by atoms with Gasteiger partial charge in [-0.3, -0.25) is 9.59 Å². The van der Waals surface area contributed by atoms with Crippen molar-refractivity contribution in [1.29, 1.82) is 0 Å². The van der Waals surface area contributed by atoms with Gasteiger partial charge < -0.3 is 9.64 Å². The maximum Gasteiger partial charge on any atom is 0.419 e. The highest BCUT2D eigenvalue weighted by molar-refractivity contribution is 5.91. The number of hydrogen-bond donors (Lipinski definition) is 0. The van der Waals surface area contributed by atoms with E-state index in [1.807, 2.05) is 0 Å². The summed E-state index contributed by atoms with van der Waals surface area (Å²) in [4.78, 5) is 38.3. The molecule has 0 radical (unpaired) electrons. The molecule has 13 heteroatoms. The van der Waals surface area contributed by atoms with Crippen LogP contribution < -0.4 is 20.9 Å². The minimum Gasteiger partial charge on any atom is -0.476 e. The molecule has 1 amide bonds. The predicted molar refractivity (Wildman–Crippen MR) is 110 cm³/mol. The van der Waals surface area contributed by atoms with Crippen LogP contribution in [0.5, 0.6) is 5.88 Å². The lowest BCUT2D eigenvalue weighted by molar-refractivity contribution is -0.140. The topological polar surface area (TPSA) is 86.4 Å². The highest BCUT2D eigenvalue weighted by atomic mass is 19.4. The molecule has 0 unspecified atom stereocenters. The summed E-state index contributed by atoms with van der Waals surface area (Å²) in [6, 6.07) is 5.25. The van der Waals surface area contributed by atoms with E-state index in [0.717, 1.165) is 36.3 Å². The van der Waals surface area contributed by atoms with E-state index in [9.17, 15) is 36.3 Å². The quantitative estimate of drug-likeness (QED) is 0.520. The zero-order valence-corrected chi connectivity index (χ0v) is 18.0. The van der Waals surface area contributed by atoms with Crippen LogP contribution in [0.25, 0.3) is 5.69 Å². The Kier molecular flexibility index (Phi) is 6.57. The van der Waals surface area contributed by atoms with E-state index in [4.69, 9.17) is 4.74 Å². The fourth-order valence-corrected chi connectivity index (χ4v) is 3.06. The van der Waals surface area contributed by atoms with Crippen LogP contribution in [0.2, 0.25) is 0 Å². The number of halogens is 5. The van der Waals surface area contributed by atoms with Gasteiger partial charge in [-0.05, 0) is 35.9 Å². The number of hydrogen-bond acceptors (Lipinski definition) is 5. The number of aromatic nitrogens is 3. The van der Waals surface area contributed by atoms with Gasteiger partial charge in [-0.2, -0.15) is 17.9 Å². The first kappa shape index (κ1) is 24.6. The second-order valence-corrected chi connectivity index (χ2v) is 7.12. The van der Waals surface area contributed by atoms with Crippen LogP contribution in [-0.4, -0.2) is 34.4 Å². The molecule has 0 bridgehead atoms. The van der Waals surface area contributed by atoms with Gasteiger partial charge in [-0.1, -0.05) is 6.07 Å². The Morgan fingerprint density at radius 3 is 2.32 bits per heavy atom. The molecule has 0 atom stereocenters. The van der Waals surface area contributed by atoms with Crippen LogP contribution in [0.15, 0.2) is 46.0 Å². The first-order valence-electron chi connectivity index (χ1n) is 9.53. The van der Waals surface area contributed by atoms with Crippen LogP contribution in [-0.2, 0) is 17.5 Å². The van der Waals surface area contributed by atoms with Crippen molar-refractivity contribution >= 4 is 11.6 Å². The summed E-state index contributed by atoms with van der Waals surface area (Å²) < 4.78 is 72.8. The number of rotatable bonds is 5. The molecule has 0 aliphatic rings. The number of nitrogens with zero attached hydrogens (tertiary/aromatic N) is 4. The monoisotopic (exact) mass is 484 g/mol. The third-order valence-electron chi connectivity index (χ3n) is 4.91. The molecule has 0 aliphatic heterocycles. The third kappa shape index (κ3) is 4.67. The lowest BCUT2D eigenvalue weighted by Crippen LogP contribution is -2.41. The van der Waals surface area contributed by atoms with E-state index < -0.39 is 53.0 Å². The third-order valence-corrected chi connectivity index (χ3v) is 4.91. The van der Waals surface area contributed by atoms with Crippen LogP contribution in [0.4, 0.5) is 27.6 Å². The van der Waals surface area contributed by atoms with Crippen LogP contribution in [0, 0.1) is 11.6 Å². The molecule has 1 aromatic heterocycles. The van der Waals surface area contributed by atoms with Crippen LogP contribution in [0.3, 0.4) is 0 Å². The van der Waals surface area contributed by atoms with Crippen molar-refractivity contribution in [2.75, 3.05) is 19.1 Å². The first-order chi connectivity index (χ1) is 15.8. The van der Waals surface area contributed by atoms with Gasteiger partial charge in [-0.25, -0.2) is 18.1 Å². The second kappa shape index (κ2) is 9.08. The molecule has 1 heterocycles. The molecule has 3 aromatic rings. The summed E-state index contributed by atoms with van der Waals surface area (Å²) in [5.41, 5.74) is -3.91. The Balaban J connectivity index is 2.15. The number of ether oxygens (including phenoxy) is 1. The Labute approximate surface area is 188 Å². The SMILES string of the molecule is COc1nn(-c2ccc(F)c(N(C)C(C)=O)c2)c(=O)n(Cc2ccc(C(F)(F)F)c(F)c2)c1=O. The van der Waals surface area contributed by atoms with E-state index in [1.54, 1.807) is 0 Å². The molecular formula is C21H17F5N4O4. The summed E-state index contributed by atoms with van der Waals surface area (Å²) in [5.74, 6) is -3.40. The van der Waals surface area contributed by atoms with Gasteiger partial charge in [0.15, 0.2) is 0 Å². The van der Waals surface area contributed by atoms with E-state index in [1.165, 1.54) is 14.0 Å². The zero-order valence-electron chi connectivity index (χ0n) is 18.0. The predicted octanol–water partition coefficient (Wildman–Crippen LogP) is 2.73. The number of alkyl halides is 3. The van der Waals surface area contributed by atoms with Crippen molar-refractivity contribution in [3.8, 4) is 11.6 Å². The molecule has 34 heavy (non-hydrogen) atoms. The van der Waals surface area contributed by atoms with Gasteiger partial charge in [0.1, 0.15) is 11.6 Å². The number of benzene rings is 2. The van der Waals surface area contributed by atoms with Gasteiger partial charge in [-0.15, -0.1) is 5.10 Å². The molecular weight excluding hydrogens is 467 g/mol. The second-order valence-electron chi connectivity index (χ2n) is 7.12. The van der Waals surface area contributed by atoms with Crippen molar-refractivity contribution in [3.05, 3.63) is 80.0 Å². The average molecular weight is 484 g/mol. The fraction of sp³-hybridized carbons (Fsp3) is 0.238. The molecule has 8 nitrogen and oxygen atoms in total.